The molecule has 0 spiro atoms. The van der Waals surface area contributed by atoms with E-state index in [9.17, 15) is 9.18 Å². The number of anilines is 1. The Morgan fingerprint density at radius 3 is 2.63 bits per heavy atom. The number of fused-ring (bicyclic) bond motifs is 1. The van der Waals surface area contributed by atoms with Crippen molar-refractivity contribution in [2.75, 3.05) is 5.32 Å². The van der Waals surface area contributed by atoms with E-state index in [1.807, 2.05) is 24.3 Å². The number of halogens is 1. The number of carbonyl (C=O) groups excluding carboxylic acids is 1. The molecule has 1 heterocycles. The average molecular weight is 254 g/mol. The zero-order valence-electron chi connectivity index (χ0n) is 9.98. The molecule has 3 aromatic rings. The summed E-state index contributed by atoms with van der Waals surface area (Å²) in [5, 5.41) is 3.39. The molecule has 0 atom stereocenters. The van der Waals surface area contributed by atoms with Crippen molar-refractivity contribution in [3.05, 3.63) is 66.1 Å². The topological polar surface area (TPSA) is 44.9 Å². The van der Waals surface area contributed by atoms with E-state index in [1.54, 1.807) is 18.3 Å². The third-order valence-electron chi connectivity index (χ3n) is 2.96. The molecule has 2 aromatic carbocycles. The first-order chi connectivity index (χ1) is 9.25. The summed E-state index contributed by atoms with van der Waals surface area (Å²) < 4.78 is 13.5. The smallest absolute Gasteiger partial charge is 0.257 e. The van der Waals surface area contributed by atoms with Crippen molar-refractivity contribution in [2.45, 2.75) is 0 Å². The van der Waals surface area contributed by atoms with Crippen LogP contribution < -0.4 is 5.32 Å². The first-order valence-corrected chi connectivity index (χ1v) is 5.88. The number of H-pyrrole nitrogens is 1. The summed E-state index contributed by atoms with van der Waals surface area (Å²) in [6, 6.07) is 13.6. The number of aromatic nitrogens is 1. The summed E-state index contributed by atoms with van der Waals surface area (Å²) >= 11 is 0. The Kier molecular flexibility index (Phi) is 2.76. The minimum atomic E-state index is -0.448. The fraction of sp³-hybridized carbons (Fsp3) is 0. The average Bonchev–Trinajstić information content (AvgIpc) is 2.85. The maximum atomic E-state index is 13.5. The summed E-state index contributed by atoms with van der Waals surface area (Å²) in [6.07, 6.45) is 1.63. The van der Waals surface area contributed by atoms with E-state index < -0.39 is 5.82 Å². The standard InChI is InChI=1S/C15H11FN2O/c16-12-6-2-4-8-14(12)18-15(19)11-9-17-13-7-3-1-5-10(11)13/h1-9,17H,(H,18,19). The van der Waals surface area contributed by atoms with Gasteiger partial charge < -0.3 is 10.3 Å². The molecule has 0 saturated heterocycles. The summed E-state index contributed by atoms with van der Waals surface area (Å²) in [5.41, 5.74) is 1.55. The quantitative estimate of drug-likeness (QED) is 0.721. The molecule has 0 aliphatic carbocycles. The molecule has 0 bridgehead atoms. The number of hydrogen-bond acceptors (Lipinski definition) is 1. The number of aromatic amines is 1. The molecule has 1 amide bonds. The Morgan fingerprint density at radius 2 is 1.79 bits per heavy atom. The first kappa shape index (κ1) is 11.5. The fourth-order valence-corrected chi connectivity index (χ4v) is 2.01. The van der Waals surface area contributed by atoms with Gasteiger partial charge >= 0.3 is 0 Å². The Balaban J connectivity index is 1.95. The lowest BCUT2D eigenvalue weighted by molar-refractivity contribution is 0.102. The van der Waals surface area contributed by atoms with Gasteiger partial charge in [-0.1, -0.05) is 30.3 Å². The molecule has 0 radical (unpaired) electrons. The largest absolute Gasteiger partial charge is 0.360 e. The minimum absolute atomic E-state index is 0.179. The van der Waals surface area contributed by atoms with Crippen molar-refractivity contribution in [2.24, 2.45) is 0 Å². The van der Waals surface area contributed by atoms with Crippen molar-refractivity contribution in [1.82, 2.24) is 4.98 Å². The van der Waals surface area contributed by atoms with Gasteiger partial charge in [-0.05, 0) is 18.2 Å². The van der Waals surface area contributed by atoms with Crippen molar-refractivity contribution in [3.8, 4) is 0 Å². The molecule has 4 heteroatoms. The van der Waals surface area contributed by atoms with Crippen LogP contribution in [0.15, 0.2) is 54.7 Å². The van der Waals surface area contributed by atoms with Gasteiger partial charge in [0.05, 0.1) is 11.3 Å². The Labute approximate surface area is 109 Å². The maximum Gasteiger partial charge on any atom is 0.257 e. The number of benzene rings is 2. The molecule has 2 N–H and O–H groups in total. The Morgan fingerprint density at radius 1 is 1.05 bits per heavy atom. The molecular formula is C15H11FN2O. The van der Waals surface area contributed by atoms with Crippen LogP contribution in [0.1, 0.15) is 10.4 Å². The van der Waals surface area contributed by atoms with Gasteiger partial charge in [0, 0.05) is 17.1 Å². The van der Waals surface area contributed by atoms with Crippen molar-refractivity contribution >= 4 is 22.5 Å². The van der Waals surface area contributed by atoms with E-state index in [0.29, 0.717) is 5.56 Å². The van der Waals surface area contributed by atoms with Crippen molar-refractivity contribution in [1.29, 1.82) is 0 Å². The summed E-state index contributed by atoms with van der Waals surface area (Å²) in [7, 11) is 0. The summed E-state index contributed by atoms with van der Waals surface area (Å²) in [4.78, 5) is 15.2. The lowest BCUT2D eigenvalue weighted by Crippen LogP contribution is -2.12. The van der Waals surface area contributed by atoms with Crippen LogP contribution in [0.25, 0.3) is 10.9 Å². The molecule has 1 aromatic heterocycles. The zero-order chi connectivity index (χ0) is 13.2. The van der Waals surface area contributed by atoms with Crippen molar-refractivity contribution < 1.29 is 9.18 Å². The van der Waals surface area contributed by atoms with Crippen LogP contribution in [0.5, 0.6) is 0 Å². The molecule has 0 saturated carbocycles. The van der Waals surface area contributed by atoms with Crippen LogP contribution in [0, 0.1) is 5.82 Å². The van der Waals surface area contributed by atoms with E-state index in [4.69, 9.17) is 0 Å². The van der Waals surface area contributed by atoms with Crippen LogP contribution in [-0.4, -0.2) is 10.9 Å². The molecule has 0 fully saturated rings. The number of carbonyl (C=O) groups is 1. The first-order valence-electron chi connectivity index (χ1n) is 5.88. The number of rotatable bonds is 2. The third kappa shape index (κ3) is 2.08. The molecule has 3 rings (SSSR count). The van der Waals surface area contributed by atoms with Gasteiger partial charge in [-0.25, -0.2) is 4.39 Å². The SMILES string of the molecule is O=C(Nc1ccccc1F)c1c[nH]c2ccccc12. The van der Waals surface area contributed by atoms with Crippen LogP contribution in [-0.2, 0) is 0 Å². The molecule has 94 valence electrons. The molecule has 0 aliphatic rings. The van der Waals surface area contributed by atoms with E-state index >= 15 is 0 Å². The van der Waals surface area contributed by atoms with Gasteiger partial charge in [-0.2, -0.15) is 0 Å². The molecule has 0 unspecified atom stereocenters. The highest BCUT2D eigenvalue weighted by Crippen LogP contribution is 2.20. The summed E-state index contributed by atoms with van der Waals surface area (Å²) in [6.45, 7) is 0. The second-order valence-electron chi connectivity index (χ2n) is 4.18. The van der Waals surface area contributed by atoms with Gasteiger partial charge in [0.15, 0.2) is 0 Å². The second kappa shape index (κ2) is 4.57. The lowest BCUT2D eigenvalue weighted by Gasteiger charge is -2.05. The normalized spacial score (nSPS) is 10.6. The third-order valence-corrected chi connectivity index (χ3v) is 2.96. The minimum Gasteiger partial charge on any atom is -0.360 e. The van der Waals surface area contributed by atoms with E-state index in [2.05, 4.69) is 10.3 Å². The lowest BCUT2D eigenvalue weighted by atomic mass is 10.1. The zero-order valence-corrected chi connectivity index (χ0v) is 9.98. The number of amides is 1. The van der Waals surface area contributed by atoms with Gasteiger partial charge in [-0.3, -0.25) is 4.79 Å². The van der Waals surface area contributed by atoms with E-state index in [0.717, 1.165) is 10.9 Å². The predicted molar refractivity (Wildman–Crippen MR) is 72.7 cm³/mol. The van der Waals surface area contributed by atoms with E-state index in [1.165, 1.54) is 12.1 Å². The van der Waals surface area contributed by atoms with Gasteiger partial charge in [0.25, 0.3) is 5.91 Å². The number of nitrogens with one attached hydrogen (secondary N) is 2. The second-order valence-corrected chi connectivity index (χ2v) is 4.18. The predicted octanol–water partition coefficient (Wildman–Crippen LogP) is 3.56. The molecule has 0 aliphatic heterocycles. The monoisotopic (exact) mass is 254 g/mol. The molecular weight excluding hydrogens is 243 g/mol. The Bertz CT molecular complexity index is 748. The highest BCUT2D eigenvalue weighted by molar-refractivity contribution is 6.12. The maximum absolute atomic E-state index is 13.5. The van der Waals surface area contributed by atoms with Crippen LogP contribution >= 0.6 is 0 Å². The van der Waals surface area contributed by atoms with Gasteiger partial charge in [0.1, 0.15) is 5.82 Å². The van der Waals surface area contributed by atoms with Gasteiger partial charge in [0.2, 0.25) is 0 Å². The molecule has 3 nitrogen and oxygen atoms in total. The number of hydrogen-bond donors (Lipinski definition) is 2. The fourth-order valence-electron chi connectivity index (χ4n) is 2.01. The van der Waals surface area contributed by atoms with Crippen LogP contribution in [0.2, 0.25) is 0 Å². The van der Waals surface area contributed by atoms with Gasteiger partial charge in [-0.15, -0.1) is 0 Å². The summed E-state index contributed by atoms with van der Waals surface area (Å²) in [5.74, 6) is -0.779. The number of para-hydroxylation sites is 2. The van der Waals surface area contributed by atoms with E-state index in [-0.39, 0.29) is 11.6 Å². The van der Waals surface area contributed by atoms with Crippen LogP contribution in [0.3, 0.4) is 0 Å². The van der Waals surface area contributed by atoms with Crippen molar-refractivity contribution in [3.63, 3.8) is 0 Å². The van der Waals surface area contributed by atoms with Crippen LogP contribution in [0.4, 0.5) is 10.1 Å². The highest BCUT2D eigenvalue weighted by atomic mass is 19.1. The molecule has 19 heavy (non-hydrogen) atoms. The Hall–Kier alpha value is -2.62. The highest BCUT2D eigenvalue weighted by Gasteiger charge is 2.13.